The van der Waals surface area contributed by atoms with Crippen molar-refractivity contribution in [3.63, 3.8) is 0 Å². The van der Waals surface area contributed by atoms with Crippen LogP contribution in [-0.4, -0.2) is 6.04 Å². The third-order valence-electron chi connectivity index (χ3n) is 3.20. The van der Waals surface area contributed by atoms with Crippen LogP contribution in [0.2, 0.25) is 0 Å². The molecule has 0 saturated carbocycles. The third kappa shape index (κ3) is 2.96. The zero-order valence-corrected chi connectivity index (χ0v) is 10.3. The van der Waals surface area contributed by atoms with Gasteiger partial charge in [-0.3, -0.25) is 0 Å². The lowest BCUT2D eigenvalue weighted by atomic mass is 9.91. The summed E-state index contributed by atoms with van der Waals surface area (Å²) in [5, 5.41) is 0. The molecule has 1 aromatic rings. The number of hydrogen-bond acceptors (Lipinski definition) is 1. The molecule has 0 spiro atoms. The lowest BCUT2D eigenvalue weighted by molar-refractivity contribution is 0.617. The van der Waals surface area contributed by atoms with Crippen molar-refractivity contribution in [2.45, 2.75) is 45.6 Å². The highest BCUT2D eigenvalue weighted by Crippen LogP contribution is 2.21. The van der Waals surface area contributed by atoms with E-state index in [1.54, 1.807) is 0 Å². The lowest BCUT2D eigenvalue weighted by Gasteiger charge is -2.18. The molecule has 0 radical (unpaired) electrons. The zero-order chi connectivity index (χ0) is 11.5. The highest BCUT2D eigenvalue weighted by molar-refractivity contribution is 5.32. The van der Waals surface area contributed by atoms with Gasteiger partial charge in [-0.15, -0.1) is 0 Å². The molecule has 2 rings (SSSR count). The van der Waals surface area contributed by atoms with E-state index >= 15 is 0 Å². The number of hydrogen-bond donors (Lipinski definition) is 1. The summed E-state index contributed by atoms with van der Waals surface area (Å²) in [5.74, 6) is 0. The Labute approximate surface area is 98.4 Å². The van der Waals surface area contributed by atoms with Crippen molar-refractivity contribution in [1.82, 2.24) is 0 Å². The van der Waals surface area contributed by atoms with Gasteiger partial charge in [-0.05, 0) is 45.1 Å². The van der Waals surface area contributed by atoms with Gasteiger partial charge in [-0.25, -0.2) is 0 Å². The van der Waals surface area contributed by atoms with E-state index in [-0.39, 0.29) is 6.04 Å². The summed E-state index contributed by atoms with van der Waals surface area (Å²) in [6, 6.07) is 7.08. The topological polar surface area (TPSA) is 26.0 Å². The molecule has 1 aliphatic rings. The van der Waals surface area contributed by atoms with Crippen LogP contribution in [0, 0.1) is 13.8 Å². The summed E-state index contributed by atoms with van der Waals surface area (Å²) in [6.45, 7) is 4.33. The van der Waals surface area contributed by atoms with Crippen LogP contribution in [0.4, 0.5) is 0 Å². The Balaban J connectivity index is 2.14. The molecule has 0 amide bonds. The second kappa shape index (κ2) is 4.84. The normalized spacial score (nSPS) is 20.7. The van der Waals surface area contributed by atoms with Gasteiger partial charge < -0.3 is 5.73 Å². The van der Waals surface area contributed by atoms with Crippen molar-refractivity contribution < 1.29 is 0 Å². The maximum atomic E-state index is 5.96. The highest BCUT2D eigenvalue weighted by atomic mass is 14.6. The smallest absolute Gasteiger partial charge is 0.0226 e. The van der Waals surface area contributed by atoms with Gasteiger partial charge >= 0.3 is 0 Å². The molecule has 0 heterocycles. The quantitative estimate of drug-likeness (QED) is 0.753. The van der Waals surface area contributed by atoms with Gasteiger partial charge in [-0.2, -0.15) is 0 Å². The molecule has 0 aromatic heterocycles. The van der Waals surface area contributed by atoms with E-state index in [4.69, 9.17) is 5.73 Å². The first kappa shape index (κ1) is 11.4. The summed E-state index contributed by atoms with van der Waals surface area (Å²) in [6.07, 6.45) is 6.96. The minimum absolute atomic E-state index is 0.287. The molecule has 1 aliphatic carbocycles. The molecule has 1 unspecified atom stereocenters. The maximum Gasteiger partial charge on any atom is 0.0226 e. The van der Waals surface area contributed by atoms with Crippen LogP contribution in [0.5, 0.6) is 0 Å². The Morgan fingerprint density at radius 3 is 2.50 bits per heavy atom. The van der Waals surface area contributed by atoms with Crippen LogP contribution in [0.3, 0.4) is 0 Å². The fourth-order valence-electron chi connectivity index (χ4n) is 2.61. The van der Waals surface area contributed by atoms with Crippen LogP contribution >= 0.6 is 0 Å². The predicted octanol–water partition coefficient (Wildman–Crippen LogP) is 3.28. The average Bonchev–Trinajstić information content (AvgIpc) is 2.15. The Morgan fingerprint density at radius 1 is 1.19 bits per heavy atom. The second-order valence-electron chi connectivity index (χ2n) is 5.05. The SMILES string of the molecule is Cc1cc(C)cc(CC2=CC(N)CCC2)c1. The van der Waals surface area contributed by atoms with E-state index in [0.717, 1.165) is 12.8 Å². The van der Waals surface area contributed by atoms with Crippen LogP contribution in [-0.2, 0) is 6.42 Å². The molecule has 1 nitrogen and oxygen atoms in total. The minimum atomic E-state index is 0.287. The van der Waals surface area contributed by atoms with Crippen molar-refractivity contribution in [2.75, 3.05) is 0 Å². The van der Waals surface area contributed by atoms with Crippen molar-refractivity contribution in [2.24, 2.45) is 5.73 Å². The Hall–Kier alpha value is -1.08. The maximum absolute atomic E-state index is 5.96. The van der Waals surface area contributed by atoms with Crippen LogP contribution in [0.1, 0.15) is 36.0 Å². The van der Waals surface area contributed by atoms with Gasteiger partial charge in [-0.1, -0.05) is 41.0 Å². The average molecular weight is 215 g/mol. The van der Waals surface area contributed by atoms with E-state index in [0.29, 0.717) is 0 Å². The largest absolute Gasteiger partial charge is 0.324 e. The molecule has 1 heteroatoms. The number of benzene rings is 1. The molecule has 1 aromatic carbocycles. The molecule has 1 atom stereocenters. The van der Waals surface area contributed by atoms with Gasteiger partial charge in [0, 0.05) is 6.04 Å². The minimum Gasteiger partial charge on any atom is -0.324 e. The van der Waals surface area contributed by atoms with Gasteiger partial charge in [0.1, 0.15) is 0 Å². The van der Waals surface area contributed by atoms with E-state index in [1.165, 1.54) is 35.1 Å². The molecule has 16 heavy (non-hydrogen) atoms. The predicted molar refractivity (Wildman–Crippen MR) is 69.5 cm³/mol. The summed E-state index contributed by atoms with van der Waals surface area (Å²) >= 11 is 0. The van der Waals surface area contributed by atoms with Crippen LogP contribution in [0.25, 0.3) is 0 Å². The van der Waals surface area contributed by atoms with Gasteiger partial charge in [0.05, 0.1) is 0 Å². The van der Waals surface area contributed by atoms with Crippen molar-refractivity contribution >= 4 is 0 Å². The standard InChI is InChI=1S/C15H21N/c1-11-6-12(2)8-14(7-11)9-13-4-3-5-15(16)10-13/h6-8,10,15H,3-5,9,16H2,1-2H3. The van der Waals surface area contributed by atoms with E-state index < -0.39 is 0 Å². The second-order valence-corrected chi connectivity index (χ2v) is 5.05. The summed E-state index contributed by atoms with van der Waals surface area (Å²) in [5.41, 5.74) is 11.6. The number of rotatable bonds is 2. The molecule has 0 saturated heterocycles. The number of nitrogens with two attached hydrogens (primary N) is 1. The van der Waals surface area contributed by atoms with Crippen LogP contribution < -0.4 is 5.73 Å². The lowest BCUT2D eigenvalue weighted by Crippen LogP contribution is -2.20. The first-order valence-corrected chi connectivity index (χ1v) is 6.16. The van der Waals surface area contributed by atoms with Gasteiger partial charge in [0.2, 0.25) is 0 Å². The third-order valence-corrected chi connectivity index (χ3v) is 3.20. The van der Waals surface area contributed by atoms with Crippen LogP contribution in [0.15, 0.2) is 29.8 Å². The fraction of sp³-hybridized carbons (Fsp3) is 0.467. The zero-order valence-electron chi connectivity index (χ0n) is 10.3. The molecule has 0 fully saturated rings. The fourth-order valence-corrected chi connectivity index (χ4v) is 2.61. The first-order chi connectivity index (χ1) is 7.63. The van der Waals surface area contributed by atoms with Gasteiger partial charge in [0.25, 0.3) is 0 Å². The molecular weight excluding hydrogens is 194 g/mol. The molecule has 2 N–H and O–H groups in total. The number of aryl methyl sites for hydroxylation is 2. The Morgan fingerprint density at radius 2 is 1.88 bits per heavy atom. The van der Waals surface area contributed by atoms with E-state index in [9.17, 15) is 0 Å². The highest BCUT2D eigenvalue weighted by Gasteiger charge is 2.10. The summed E-state index contributed by atoms with van der Waals surface area (Å²) in [4.78, 5) is 0. The van der Waals surface area contributed by atoms with Crippen molar-refractivity contribution in [3.8, 4) is 0 Å². The van der Waals surface area contributed by atoms with E-state index in [2.05, 4.69) is 38.1 Å². The summed E-state index contributed by atoms with van der Waals surface area (Å²) in [7, 11) is 0. The summed E-state index contributed by atoms with van der Waals surface area (Å²) < 4.78 is 0. The van der Waals surface area contributed by atoms with Gasteiger partial charge in [0.15, 0.2) is 0 Å². The Kier molecular flexibility index (Phi) is 3.45. The van der Waals surface area contributed by atoms with Crippen molar-refractivity contribution in [1.29, 1.82) is 0 Å². The first-order valence-electron chi connectivity index (χ1n) is 6.16. The monoisotopic (exact) mass is 215 g/mol. The van der Waals surface area contributed by atoms with E-state index in [1.807, 2.05) is 0 Å². The molecule has 86 valence electrons. The Bertz CT molecular complexity index is 384. The molecule has 0 aliphatic heterocycles. The number of allylic oxidation sites excluding steroid dienone is 1. The molecule has 0 bridgehead atoms. The molecular formula is C15H21N. The van der Waals surface area contributed by atoms with Crippen molar-refractivity contribution in [3.05, 3.63) is 46.5 Å².